The van der Waals surface area contributed by atoms with Gasteiger partial charge in [0.05, 0.1) is 13.2 Å². The summed E-state index contributed by atoms with van der Waals surface area (Å²) < 4.78 is 17.1. The zero-order valence-corrected chi connectivity index (χ0v) is 18.5. The summed E-state index contributed by atoms with van der Waals surface area (Å²) in [5, 5.41) is 16.6. The average molecular weight is 462 g/mol. The predicted octanol–water partition coefficient (Wildman–Crippen LogP) is 4.14. The van der Waals surface area contributed by atoms with Gasteiger partial charge in [-0.15, -0.1) is 0 Å². The van der Waals surface area contributed by atoms with Crippen LogP contribution in [0.15, 0.2) is 48.5 Å². The number of aliphatic carboxylic acids is 2. The van der Waals surface area contributed by atoms with E-state index in [9.17, 15) is 0 Å². The average Bonchev–Trinajstić information content (AvgIpc) is 2.75. The molecule has 3 aromatic rings. The fourth-order valence-corrected chi connectivity index (χ4v) is 2.86. The van der Waals surface area contributed by atoms with E-state index in [1.807, 2.05) is 56.3 Å². The number of hydrogen-bond acceptors (Lipinski definition) is 6. The van der Waals surface area contributed by atoms with E-state index in [0.29, 0.717) is 31.5 Å². The second kappa shape index (κ2) is 12.5. The van der Waals surface area contributed by atoms with E-state index in [4.69, 9.17) is 45.6 Å². The van der Waals surface area contributed by atoms with E-state index in [0.717, 1.165) is 33.7 Å². The second-order valence-electron chi connectivity index (χ2n) is 6.61. The zero-order valence-electron chi connectivity index (χ0n) is 17.7. The molecule has 0 aliphatic carbocycles. The van der Waals surface area contributed by atoms with Crippen LogP contribution in [0, 0.1) is 13.8 Å². The van der Waals surface area contributed by atoms with Crippen molar-refractivity contribution >= 4 is 34.4 Å². The number of hydrogen-bond donors (Lipinski definition) is 2. The van der Waals surface area contributed by atoms with Gasteiger partial charge in [-0.05, 0) is 49.7 Å². The molecule has 2 N–H and O–H groups in total. The number of carboxylic acid groups (broad SMARTS) is 2. The Morgan fingerprint density at radius 1 is 0.875 bits per heavy atom. The molecule has 0 amide bonds. The molecule has 0 fully saturated rings. The maximum absolute atomic E-state index is 9.10. The molecule has 0 saturated carbocycles. The van der Waals surface area contributed by atoms with Gasteiger partial charge in [-0.1, -0.05) is 29.8 Å². The summed E-state index contributed by atoms with van der Waals surface area (Å²) in [5.74, 6) is -2.04. The van der Waals surface area contributed by atoms with Gasteiger partial charge in [-0.2, -0.15) is 0 Å². The minimum atomic E-state index is -1.82. The number of rotatable bonds is 8. The molecule has 2 aromatic carbocycles. The standard InChI is InChI=1S/C21H22ClNO3.C2H2O4/c1-15-14-18(22)8-9-19(15)25-12-10-24-11-13-26-20-5-3-4-17-7-6-16(2)23-21(17)20;3-1(4)2(5)6/h3-9,14H,10-13H2,1-2H3;(H,3,4)(H,5,6). The molecule has 1 heterocycles. The van der Waals surface area contributed by atoms with E-state index < -0.39 is 11.9 Å². The Balaban J connectivity index is 0.000000534. The maximum Gasteiger partial charge on any atom is 0.414 e. The highest BCUT2D eigenvalue weighted by Crippen LogP contribution is 2.24. The lowest BCUT2D eigenvalue weighted by atomic mass is 10.2. The molecule has 0 unspecified atom stereocenters. The summed E-state index contributed by atoms with van der Waals surface area (Å²) in [6.07, 6.45) is 0. The summed E-state index contributed by atoms with van der Waals surface area (Å²) in [6.45, 7) is 5.88. The number of ether oxygens (including phenoxy) is 3. The van der Waals surface area contributed by atoms with Crippen LogP contribution in [0.2, 0.25) is 5.02 Å². The van der Waals surface area contributed by atoms with Crippen molar-refractivity contribution in [3.63, 3.8) is 0 Å². The second-order valence-corrected chi connectivity index (χ2v) is 7.05. The highest BCUT2D eigenvalue weighted by Gasteiger charge is 2.05. The van der Waals surface area contributed by atoms with Gasteiger partial charge < -0.3 is 24.4 Å². The Kier molecular flexibility index (Phi) is 9.72. The van der Waals surface area contributed by atoms with Crippen LogP contribution in [0.1, 0.15) is 11.3 Å². The number of carboxylic acids is 2. The summed E-state index contributed by atoms with van der Waals surface area (Å²) >= 11 is 5.93. The molecule has 0 saturated heterocycles. The Morgan fingerprint density at radius 3 is 2.16 bits per heavy atom. The fraction of sp³-hybridized carbons (Fsp3) is 0.261. The summed E-state index contributed by atoms with van der Waals surface area (Å²) in [7, 11) is 0. The van der Waals surface area contributed by atoms with Crippen LogP contribution < -0.4 is 9.47 Å². The van der Waals surface area contributed by atoms with Crippen molar-refractivity contribution in [3.8, 4) is 11.5 Å². The van der Waals surface area contributed by atoms with Gasteiger partial charge in [0.25, 0.3) is 0 Å². The number of aromatic nitrogens is 1. The molecule has 0 spiro atoms. The first-order valence-corrected chi connectivity index (χ1v) is 10.1. The van der Waals surface area contributed by atoms with Crippen LogP contribution >= 0.6 is 11.6 Å². The summed E-state index contributed by atoms with van der Waals surface area (Å²) in [5.41, 5.74) is 2.87. The van der Waals surface area contributed by atoms with Gasteiger partial charge in [0, 0.05) is 16.1 Å². The molecule has 3 rings (SSSR count). The molecule has 0 radical (unpaired) electrons. The quantitative estimate of drug-likeness (QED) is 0.380. The number of fused-ring (bicyclic) bond motifs is 1. The zero-order chi connectivity index (χ0) is 23.5. The van der Waals surface area contributed by atoms with E-state index in [1.54, 1.807) is 0 Å². The SMILES string of the molecule is Cc1ccc2cccc(OCCOCCOc3ccc(Cl)cc3C)c2n1.O=C(O)C(=O)O. The third-order valence-corrected chi connectivity index (χ3v) is 4.35. The van der Waals surface area contributed by atoms with Crippen LogP contribution in [0.4, 0.5) is 0 Å². The highest BCUT2D eigenvalue weighted by molar-refractivity contribution is 6.30. The minimum absolute atomic E-state index is 0.467. The predicted molar refractivity (Wildman–Crippen MR) is 120 cm³/mol. The topological polar surface area (TPSA) is 115 Å². The highest BCUT2D eigenvalue weighted by atomic mass is 35.5. The molecular formula is C23H24ClNO7. The third kappa shape index (κ3) is 8.05. The van der Waals surface area contributed by atoms with E-state index in [1.165, 1.54) is 0 Å². The van der Waals surface area contributed by atoms with Crippen molar-refractivity contribution in [2.75, 3.05) is 26.4 Å². The molecular weight excluding hydrogens is 438 g/mol. The normalized spacial score (nSPS) is 10.2. The summed E-state index contributed by atoms with van der Waals surface area (Å²) in [4.78, 5) is 22.8. The lowest BCUT2D eigenvalue weighted by Crippen LogP contribution is -2.12. The van der Waals surface area contributed by atoms with E-state index in [2.05, 4.69) is 11.1 Å². The minimum Gasteiger partial charge on any atom is -0.491 e. The third-order valence-electron chi connectivity index (χ3n) is 4.11. The Hall–Kier alpha value is -3.36. The first-order chi connectivity index (χ1) is 15.3. The monoisotopic (exact) mass is 461 g/mol. The number of para-hydroxylation sites is 1. The van der Waals surface area contributed by atoms with Gasteiger partial charge >= 0.3 is 11.9 Å². The molecule has 0 atom stereocenters. The lowest BCUT2D eigenvalue weighted by Gasteiger charge is -2.11. The van der Waals surface area contributed by atoms with Gasteiger partial charge in [0.2, 0.25) is 0 Å². The number of benzene rings is 2. The van der Waals surface area contributed by atoms with Gasteiger partial charge in [-0.25, -0.2) is 14.6 Å². The van der Waals surface area contributed by atoms with Crippen molar-refractivity contribution in [2.24, 2.45) is 0 Å². The van der Waals surface area contributed by atoms with Gasteiger partial charge in [-0.3, -0.25) is 0 Å². The molecule has 0 aliphatic rings. The Bertz CT molecular complexity index is 1060. The molecule has 32 heavy (non-hydrogen) atoms. The van der Waals surface area contributed by atoms with Crippen LogP contribution in [-0.4, -0.2) is 53.6 Å². The maximum atomic E-state index is 9.10. The smallest absolute Gasteiger partial charge is 0.414 e. The van der Waals surface area contributed by atoms with Crippen LogP contribution in [-0.2, 0) is 14.3 Å². The first kappa shape index (κ1) is 24.9. The van der Waals surface area contributed by atoms with Crippen molar-refractivity contribution in [3.05, 3.63) is 64.8 Å². The number of aryl methyl sites for hydroxylation is 2. The van der Waals surface area contributed by atoms with Crippen molar-refractivity contribution in [1.82, 2.24) is 4.98 Å². The number of carbonyl (C=O) groups is 2. The molecule has 0 bridgehead atoms. The van der Waals surface area contributed by atoms with Gasteiger partial charge in [0.15, 0.2) is 0 Å². The molecule has 9 heteroatoms. The molecule has 0 aliphatic heterocycles. The van der Waals surface area contributed by atoms with Crippen molar-refractivity contribution < 1.29 is 34.0 Å². The van der Waals surface area contributed by atoms with E-state index in [-0.39, 0.29) is 0 Å². The number of nitrogens with zero attached hydrogens (tertiary/aromatic N) is 1. The van der Waals surface area contributed by atoms with Crippen molar-refractivity contribution in [1.29, 1.82) is 0 Å². The van der Waals surface area contributed by atoms with Crippen LogP contribution in [0.25, 0.3) is 10.9 Å². The lowest BCUT2D eigenvalue weighted by molar-refractivity contribution is -0.159. The van der Waals surface area contributed by atoms with Gasteiger partial charge in [0.1, 0.15) is 30.2 Å². The van der Waals surface area contributed by atoms with Crippen LogP contribution in [0.5, 0.6) is 11.5 Å². The summed E-state index contributed by atoms with van der Waals surface area (Å²) in [6, 6.07) is 15.6. The molecule has 8 nitrogen and oxygen atoms in total. The van der Waals surface area contributed by atoms with Crippen LogP contribution in [0.3, 0.4) is 0 Å². The Morgan fingerprint density at radius 2 is 1.53 bits per heavy atom. The Labute approximate surface area is 190 Å². The largest absolute Gasteiger partial charge is 0.491 e. The first-order valence-electron chi connectivity index (χ1n) is 9.70. The molecule has 170 valence electrons. The van der Waals surface area contributed by atoms with Crippen molar-refractivity contribution in [2.45, 2.75) is 13.8 Å². The fourth-order valence-electron chi connectivity index (χ4n) is 2.63. The van der Waals surface area contributed by atoms with E-state index >= 15 is 0 Å². The molecule has 1 aromatic heterocycles. The number of halogens is 1. The number of pyridine rings is 1.